The molecule has 1 heterocycles. The van der Waals surface area contributed by atoms with Crippen molar-refractivity contribution in [2.45, 2.75) is 25.9 Å². The lowest BCUT2D eigenvalue weighted by atomic mass is 9.97. The van der Waals surface area contributed by atoms with E-state index in [-0.39, 0.29) is 11.6 Å². The molecule has 1 unspecified atom stereocenters. The van der Waals surface area contributed by atoms with E-state index < -0.39 is 17.7 Å². The SMILES string of the molecule is CCC1=NN(c2cccc(C(F)(F)F)c2)C(=O)C1CCN. The fourth-order valence-electron chi connectivity index (χ4n) is 2.31. The number of halogens is 3. The second kappa shape index (κ2) is 5.85. The first kappa shape index (κ1) is 15.5. The number of nitrogens with two attached hydrogens (primary N) is 1. The van der Waals surface area contributed by atoms with Crippen LogP contribution in [-0.4, -0.2) is 18.2 Å². The van der Waals surface area contributed by atoms with Crippen LogP contribution < -0.4 is 10.7 Å². The standard InChI is InChI=1S/C14H16F3N3O/c1-2-12-11(6-7-18)13(21)20(19-12)10-5-3-4-9(8-10)14(15,16)17/h3-5,8,11H,2,6-7,18H2,1H3. The van der Waals surface area contributed by atoms with Crippen LogP contribution in [0.3, 0.4) is 0 Å². The highest BCUT2D eigenvalue weighted by atomic mass is 19.4. The monoisotopic (exact) mass is 299 g/mol. The molecule has 0 radical (unpaired) electrons. The number of carbonyl (C=O) groups excluding carboxylic acids is 1. The molecule has 0 spiro atoms. The van der Waals surface area contributed by atoms with E-state index in [0.717, 1.165) is 17.1 Å². The normalized spacial score (nSPS) is 19.1. The zero-order chi connectivity index (χ0) is 15.6. The van der Waals surface area contributed by atoms with Crippen LogP contribution in [0.25, 0.3) is 0 Å². The topological polar surface area (TPSA) is 58.7 Å². The Balaban J connectivity index is 2.35. The van der Waals surface area contributed by atoms with Gasteiger partial charge in [0.05, 0.1) is 22.9 Å². The molecule has 1 atom stereocenters. The van der Waals surface area contributed by atoms with E-state index in [1.807, 2.05) is 6.92 Å². The molecule has 1 aliphatic heterocycles. The average Bonchev–Trinajstić information content (AvgIpc) is 2.76. The van der Waals surface area contributed by atoms with Gasteiger partial charge in [-0.25, -0.2) is 5.01 Å². The van der Waals surface area contributed by atoms with Crippen molar-refractivity contribution in [1.82, 2.24) is 0 Å². The molecule has 0 saturated carbocycles. The lowest BCUT2D eigenvalue weighted by molar-refractivity contribution is -0.137. The van der Waals surface area contributed by atoms with Gasteiger partial charge in [0, 0.05) is 0 Å². The fourth-order valence-corrected chi connectivity index (χ4v) is 2.31. The first-order valence-electron chi connectivity index (χ1n) is 6.67. The van der Waals surface area contributed by atoms with E-state index in [1.165, 1.54) is 12.1 Å². The molecule has 0 fully saturated rings. The zero-order valence-electron chi connectivity index (χ0n) is 11.5. The molecule has 0 aliphatic carbocycles. The van der Waals surface area contributed by atoms with Crippen molar-refractivity contribution >= 4 is 17.3 Å². The number of hydrazone groups is 1. The van der Waals surface area contributed by atoms with Crippen LogP contribution in [0.5, 0.6) is 0 Å². The predicted octanol–water partition coefficient (Wildman–Crippen LogP) is 2.78. The number of anilines is 1. The molecular formula is C14H16F3N3O. The first-order chi connectivity index (χ1) is 9.88. The van der Waals surface area contributed by atoms with Crippen LogP contribution in [0, 0.1) is 5.92 Å². The number of hydrogen-bond donors (Lipinski definition) is 1. The number of nitrogens with zero attached hydrogens (tertiary/aromatic N) is 2. The van der Waals surface area contributed by atoms with Crippen molar-refractivity contribution in [1.29, 1.82) is 0 Å². The van der Waals surface area contributed by atoms with E-state index in [0.29, 0.717) is 25.1 Å². The Labute approximate surface area is 120 Å². The maximum atomic E-state index is 12.7. The maximum Gasteiger partial charge on any atom is 0.416 e. The number of alkyl halides is 3. The van der Waals surface area contributed by atoms with Gasteiger partial charge in [0.25, 0.3) is 5.91 Å². The maximum absolute atomic E-state index is 12.7. The largest absolute Gasteiger partial charge is 0.416 e. The third-order valence-electron chi connectivity index (χ3n) is 3.37. The summed E-state index contributed by atoms with van der Waals surface area (Å²) in [6.45, 7) is 2.18. The highest BCUT2D eigenvalue weighted by Crippen LogP contribution is 2.33. The Morgan fingerprint density at radius 2 is 2.10 bits per heavy atom. The Bertz CT molecular complexity index is 569. The molecule has 0 aromatic heterocycles. The highest BCUT2D eigenvalue weighted by Gasteiger charge is 2.36. The molecule has 21 heavy (non-hydrogen) atoms. The zero-order valence-corrected chi connectivity index (χ0v) is 11.5. The molecule has 1 aromatic carbocycles. The van der Waals surface area contributed by atoms with Gasteiger partial charge in [-0.15, -0.1) is 0 Å². The van der Waals surface area contributed by atoms with Crippen molar-refractivity contribution in [2.75, 3.05) is 11.6 Å². The number of carbonyl (C=O) groups is 1. The molecular weight excluding hydrogens is 283 g/mol. The van der Waals surface area contributed by atoms with Gasteiger partial charge in [-0.3, -0.25) is 4.79 Å². The molecule has 1 amide bonds. The molecule has 4 nitrogen and oxygen atoms in total. The number of rotatable bonds is 4. The Morgan fingerprint density at radius 1 is 1.38 bits per heavy atom. The minimum Gasteiger partial charge on any atom is -0.330 e. The van der Waals surface area contributed by atoms with E-state index in [2.05, 4.69) is 5.10 Å². The predicted molar refractivity (Wildman–Crippen MR) is 73.8 cm³/mol. The van der Waals surface area contributed by atoms with Crippen LogP contribution in [0.2, 0.25) is 0 Å². The van der Waals surface area contributed by atoms with Gasteiger partial charge in [-0.05, 0) is 37.6 Å². The smallest absolute Gasteiger partial charge is 0.330 e. The summed E-state index contributed by atoms with van der Waals surface area (Å²) in [5.41, 5.74) is 5.46. The summed E-state index contributed by atoms with van der Waals surface area (Å²) in [5, 5.41) is 5.21. The van der Waals surface area contributed by atoms with Crippen LogP contribution in [0.1, 0.15) is 25.3 Å². The Kier molecular flexibility index (Phi) is 4.32. The Morgan fingerprint density at radius 3 is 2.67 bits per heavy atom. The fraction of sp³-hybridized carbons (Fsp3) is 0.429. The second-order valence-electron chi connectivity index (χ2n) is 4.77. The minimum atomic E-state index is -4.45. The van der Waals surface area contributed by atoms with Crippen molar-refractivity contribution < 1.29 is 18.0 Å². The summed E-state index contributed by atoms with van der Waals surface area (Å²) in [6.07, 6.45) is -3.44. The van der Waals surface area contributed by atoms with Gasteiger partial charge in [0.2, 0.25) is 0 Å². The van der Waals surface area contributed by atoms with Crippen LogP contribution in [0.4, 0.5) is 18.9 Å². The summed E-state index contributed by atoms with van der Waals surface area (Å²) < 4.78 is 38.2. The van der Waals surface area contributed by atoms with Crippen LogP contribution in [-0.2, 0) is 11.0 Å². The van der Waals surface area contributed by atoms with Gasteiger partial charge in [-0.1, -0.05) is 13.0 Å². The number of amides is 1. The summed E-state index contributed by atoms with van der Waals surface area (Å²) in [6, 6.07) is 4.60. The molecule has 0 bridgehead atoms. The summed E-state index contributed by atoms with van der Waals surface area (Å²) >= 11 is 0. The van der Waals surface area contributed by atoms with Gasteiger partial charge in [0.1, 0.15) is 0 Å². The summed E-state index contributed by atoms with van der Waals surface area (Å²) in [5.74, 6) is -0.758. The molecule has 114 valence electrons. The van der Waals surface area contributed by atoms with E-state index in [4.69, 9.17) is 5.73 Å². The Hall–Kier alpha value is -1.89. The second-order valence-corrected chi connectivity index (χ2v) is 4.77. The molecule has 2 N–H and O–H groups in total. The molecule has 7 heteroatoms. The summed E-state index contributed by atoms with van der Waals surface area (Å²) in [4.78, 5) is 12.3. The van der Waals surface area contributed by atoms with Crippen molar-refractivity contribution in [3.8, 4) is 0 Å². The number of benzene rings is 1. The van der Waals surface area contributed by atoms with Gasteiger partial charge >= 0.3 is 6.18 Å². The van der Waals surface area contributed by atoms with Gasteiger partial charge in [-0.2, -0.15) is 18.3 Å². The van der Waals surface area contributed by atoms with E-state index >= 15 is 0 Å². The van der Waals surface area contributed by atoms with Crippen molar-refractivity contribution in [3.05, 3.63) is 29.8 Å². The first-order valence-corrected chi connectivity index (χ1v) is 6.67. The molecule has 0 saturated heterocycles. The van der Waals surface area contributed by atoms with Crippen LogP contribution >= 0.6 is 0 Å². The summed E-state index contributed by atoms with van der Waals surface area (Å²) in [7, 11) is 0. The number of hydrogen-bond acceptors (Lipinski definition) is 3. The van der Waals surface area contributed by atoms with Crippen molar-refractivity contribution in [2.24, 2.45) is 16.8 Å². The van der Waals surface area contributed by atoms with Crippen molar-refractivity contribution in [3.63, 3.8) is 0 Å². The van der Waals surface area contributed by atoms with Crippen LogP contribution in [0.15, 0.2) is 29.4 Å². The molecule has 1 aliphatic rings. The third kappa shape index (κ3) is 3.07. The van der Waals surface area contributed by atoms with Gasteiger partial charge < -0.3 is 5.73 Å². The van der Waals surface area contributed by atoms with E-state index in [9.17, 15) is 18.0 Å². The minimum absolute atomic E-state index is 0.125. The third-order valence-corrected chi connectivity index (χ3v) is 3.37. The average molecular weight is 299 g/mol. The molecule has 1 aromatic rings. The van der Waals surface area contributed by atoms with Gasteiger partial charge in [0.15, 0.2) is 0 Å². The lowest BCUT2D eigenvalue weighted by Crippen LogP contribution is -2.29. The molecule has 2 rings (SSSR count). The lowest BCUT2D eigenvalue weighted by Gasteiger charge is -2.15. The highest BCUT2D eigenvalue weighted by molar-refractivity contribution is 6.15. The quantitative estimate of drug-likeness (QED) is 0.929. The van der Waals surface area contributed by atoms with E-state index in [1.54, 1.807) is 0 Å².